The Hall–Kier alpha value is -2.63. The normalized spacial score (nSPS) is 12.4. The Morgan fingerprint density at radius 2 is 2.24 bits per heavy atom. The van der Waals surface area contributed by atoms with Gasteiger partial charge in [0.05, 0.1) is 11.9 Å². The largest absolute Gasteiger partial charge is 0.347 e. The summed E-state index contributed by atoms with van der Waals surface area (Å²) in [5.41, 5.74) is 1.46. The molecule has 6 heteroatoms. The van der Waals surface area contributed by atoms with Crippen molar-refractivity contribution in [3.05, 3.63) is 55.0 Å². The molecule has 0 radical (unpaired) electrons. The van der Waals surface area contributed by atoms with Crippen LogP contribution < -0.4 is 5.32 Å². The van der Waals surface area contributed by atoms with Crippen molar-refractivity contribution in [2.24, 2.45) is 0 Å². The lowest BCUT2D eigenvalue weighted by molar-refractivity contribution is 0.0931. The summed E-state index contributed by atoms with van der Waals surface area (Å²) in [4.78, 5) is 20.5. The van der Waals surface area contributed by atoms with Gasteiger partial charge in [-0.15, -0.1) is 0 Å². The van der Waals surface area contributed by atoms with Gasteiger partial charge in [-0.05, 0) is 18.6 Å². The summed E-state index contributed by atoms with van der Waals surface area (Å²) in [6.45, 7) is 2.77. The number of carbonyl (C=O) groups excluding carboxylic acids is 1. The molecule has 3 rings (SSSR count). The van der Waals surface area contributed by atoms with Gasteiger partial charge in [0.2, 0.25) is 0 Å². The van der Waals surface area contributed by atoms with Crippen LogP contribution in [-0.2, 0) is 6.54 Å². The van der Waals surface area contributed by atoms with E-state index in [9.17, 15) is 4.79 Å². The Morgan fingerprint density at radius 3 is 3.00 bits per heavy atom. The molecule has 3 aromatic heterocycles. The summed E-state index contributed by atoms with van der Waals surface area (Å²) in [6.07, 6.45) is 11.6. The molecule has 0 aliphatic carbocycles. The van der Waals surface area contributed by atoms with E-state index in [1.54, 1.807) is 31.0 Å². The third kappa shape index (κ3) is 2.94. The highest BCUT2D eigenvalue weighted by atomic mass is 16.1. The number of hydrogen-bond acceptors (Lipinski definition) is 3. The first kappa shape index (κ1) is 13.4. The third-order valence-electron chi connectivity index (χ3n) is 3.47. The summed E-state index contributed by atoms with van der Waals surface area (Å²) >= 11 is 0. The van der Waals surface area contributed by atoms with Crippen molar-refractivity contribution in [1.29, 1.82) is 0 Å². The maximum absolute atomic E-state index is 12.3. The van der Waals surface area contributed by atoms with Crippen LogP contribution in [0, 0.1) is 0 Å². The van der Waals surface area contributed by atoms with Crippen LogP contribution in [0.2, 0.25) is 0 Å². The van der Waals surface area contributed by atoms with Gasteiger partial charge in [0, 0.05) is 43.6 Å². The van der Waals surface area contributed by atoms with Gasteiger partial charge in [0.25, 0.3) is 5.91 Å². The van der Waals surface area contributed by atoms with Crippen molar-refractivity contribution in [1.82, 2.24) is 24.3 Å². The van der Waals surface area contributed by atoms with E-state index in [2.05, 4.69) is 22.2 Å². The fourth-order valence-corrected chi connectivity index (χ4v) is 2.25. The molecule has 1 amide bonds. The lowest BCUT2D eigenvalue weighted by Gasteiger charge is -2.17. The Balaban J connectivity index is 1.71. The number of pyridine rings is 1. The van der Waals surface area contributed by atoms with Gasteiger partial charge in [-0.25, -0.2) is 9.97 Å². The predicted molar refractivity (Wildman–Crippen MR) is 79.0 cm³/mol. The van der Waals surface area contributed by atoms with Crippen LogP contribution in [-0.4, -0.2) is 30.9 Å². The number of imidazole rings is 2. The van der Waals surface area contributed by atoms with Crippen molar-refractivity contribution in [2.45, 2.75) is 25.9 Å². The number of nitrogens with one attached hydrogen (secondary N) is 1. The summed E-state index contributed by atoms with van der Waals surface area (Å²) < 4.78 is 3.80. The van der Waals surface area contributed by atoms with Crippen LogP contribution in [0.5, 0.6) is 0 Å². The Labute approximate surface area is 122 Å². The van der Waals surface area contributed by atoms with Crippen LogP contribution in [0.4, 0.5) is 0 Å². The second kappa shape index (κ2) is 5.78. The minimum absolute atomic E-state index is 0.0717. The van der Waals surface area contributed by atoms with Crippen LogP contribution in [0.25, 0.3) is 5.65 Å². The molecular weight excluding hydrogens is 266 g/mol. The highest BCUT2D eigenvalue weighted by Gasteiger charge is 2.13. The zero-order valence-corrected chi connectivity index (χ0v) is 11.8. The minimum Gasteiger partial charge on any atom is -0.347 e. The molecule has 0 aliphatic heterocycles. The summed E-state index contributed by atoms with van der Waals surface area (Å²) in [6, 6.07) is 3.71. The van der Waals surface area contributed by atoms with Crippen molar-refractivity contribution < 1.29 is 4.79 Å². The zero-order chi connectivity index (χ0) is 14.7. The standard InChI is InChI=1S/C15H17N5O/c1-2-13(10-19-7-5-16-11-19)18-15(21)12-3-4-14-17-6-8-20(14)9-12/h3-9,11,13H,2,10H2,1H3,(H,18,21)/t13-/m0/s1. The zero-order valence-electron chi connectivity index (χ0n) is 11.8. The van der Waals surface area contributed by atoms with Gasteiger partial charge in [0.1, 0.15) is 5.65 Å². The lowest BCUT2D eigenvalue weighted by Crippen LogP contribution is -2.37. The number of hydrogen-bond donors (Lipinski definition) is 1. The molecule has 21 heavy (non-hydrogen) atoms. The van der Waals surface area contributed by atoms with Crippen LogP contribution in [0.1, 0.15) is 23.7 Å². The number of fused-ring (bicyclic) bond motifs is 1. The smallest absolute Gasteiger partial charge is 0.253 e. The van der Waals surface area contributed by atoms with Gasteiger partial charge in [0.15, 0.2) is 0 Å². The van der Waals surface area contributed by atoms with Crippen molar-refractivity contribution in [2.75, 3.05) is 0 Å². The first-order valence-electron chi connectivity index (χ1n) is 6.95. The molecule has 0 spiro atoms. The van der Waals surface area contributed by atoms with Gasteiger partial charge in [-0.2, -0.15) is 0 Å². The lowest BCUT2D eigenvalue weighted by atomic mass is 10.2. The van der Waals surface area contributed by atoms with E-state index in [-0.39, 0.29) is 11.9 Å². The van der Waals surface area contributed by atoms with E-state index in [0.29, 0.717) is 5.56 Å². The number of rotatable bonds is 5. The average molecular weight is 283 g/mol. The van der Waals surface area contributed by atoms with E-state index in [4.69, 9.17) is 0 Å². The number of amides is 1. The van der Waals surface area contributed by atoms with Crippen molar-refractivity contribution >= 4 is 11.6 Å². The minimum atomic E-state index is -0.0717. The monoisotopic (exact) mass is 283 g/mol. The molecule has 3 aromatic rings. The molecule has 108 valence electrons. The van der Waals surface area contributed by atoms with E-state index in [1.807, 2.05) is 27.4 Å². The van der Waals surface area contributed by atoms with Gasteiger partial charge in [-0.1, -0.05) is 6.92 Å². The molecule has 0 aliphatic rings. The van der Waals surface area contributed by atoms with E-state index in [0.717, 1.165) is 18.6 Å². The molecule has 0 unspecified atom stereocenters. The Bertz CT molecular complexity index is 731. The molecule has 0 fully saturated rings. The fourth-order valence-electron chi connectivity index (χ4n) is 2.25. The van der Waals surface area contributed by atoms with E-state index >= 15 is 0 Å². The maximum Gasteiger partial charge on any atom is 0.253 e. The van der Waals surface area contributed by atoms with E-state index in [1.165, 1.54) is 0 Å². The molecule has 0 aromatic carbocycles. The van der Waals surface area contributed by atoms with Crippen molar-refractivity contribution in [3.63, 3.8) is 0 Å². The molecule has 0 saturated carbocycles. The first-order valence-corrected chi connectivity index (χ1v) is 6.95. The second-order valence-corrected chi connectivity index (χ2v) is 4.95. The molecular formula is C15H17N5O. The predicted octanol–water partition coefficient (Wildman–Crippen LogP) is 1.74. The van der Waals surface area contributed by atoms with Crippen LogP contribution >= 0.6 is 0 Å². The second-order valence-electron chi connectivity index (χ2n) is 4.95. The van der Waals surface area contributed by atoms with Crippen LogP contribution in [0.15, 0.2) is 49.4 Å². The summed E-state index contributed by atoms with van der Waals surface area (Å²) in [5.74, 6) is -0.0717. The topological polar surface area (TPSA) is 64.2 Å². The van der Waals surface area contributed by atoms with Gasteiger partial charge >= 0.3 is 0 Å². The van der Waals surface area contributed by atoms with Gasteiger partial charge in [-0.3, -0.25) is 4.79 Å². The maximum atomic E-state index is 12.3. The molecule has 6 nitrogen and oxygen atoms in total. The first-order chi connectivity index (χ1) is 10.3. The number of aromatic nitrogens is 4. The number of nitrogens with zero attached hydrogens (tertiary/aromatic N) is 4. The quantitative estimate of drug-likeness (QED) is 0.775. The highest BCUT2D eigenvalue weighted by molar-refractivity contribution is 5.94. The van der Waals surface area contributed by atoms with E-state index < -0.39 is 0 Å². The van der Waals surface area contributed by atoms with Crippen molar-refractivity contribution in [3.8, 4) is 0 Å². The van der Waals surface area contributed by atoms with Gasteiger partial charge < -0.3 is 14.3 Å². The summed E-state index contributed by atoms with van der Waals surface area (Å²) in [7, 11) is 0. The highest BCUT2D eigenvalue weighted by Crippen LogP contribution is 2.06. The Morgan fingerprint density at radius 1 is 1.33 bits per heavy atom. The molecule has 0 bridgehead atoms. The fraction of sp³-hybridized carbons (Fsp3) is 0.267. The molecule has 1 atom stereocenters. The summed E-state index contributed by atoms with van der Waals surface area (Å²) in [5, 5.41) is 3.06. The van der Waals surface area contributed by atoms with Crippen LogP contribution in [0.3, 0.4) is 0 Å². The molecule has 1 N–H and O–H groups in total. The average Bonchev–Trinajstić information content (AvgIpc) is 3.16. The number of carbonyl (C=O) groups is 1. The Kier molecular flexibility index (Phi) is 3.68. The SMILES string of the molecule is CC[C@@H](Cn1ccnc1)NC(=O)c1ccc2nccn2c1. The third-order valence-corrected chi connectivity index (χ3v) is 3.47. The molecule has 0 saturated heterocycles. The molecule has 3 heterocycles.